The minimum atomic E-state index is -0.476. The third kappa shape index (κ3) is 5.66. The molecule has 10 heteroatoms. The highest BCUT2D eigenvalue weighted by atomic mass is 32.2. The number of methoxy groups -OCH3 is 1. The van der Waals surface area contributed by atoms with E-state index in [0.29, 0.717) is 15.7 Å². The molecule has 0 saturated heterocycles. The molecule has 1 aromatic carbocycles. The van der Waals surface area contributed by atoms with E-state index in [-0.39, 0.29) is 11.7 Å². The Labute approximate surface area is 229 Å². The van der Waals surface area contributed by atoms with Crippen molar-refractivity contribution in [2.45, 2.75) is 52.2 Å². The molecule has 0 radical (unpaired) electrons. The first-order valence-corrected chi connectivity index (χ1v) is 14.8. The van der Waals surface area contributed by atoms with E-state index >= 15 is 0 Å². The summed E-state index contributed by atoms with van der Waals surface area (Å²) in [6.45, 7) is 9.10. The minimum absolute atomic E-state index is 0.142. The van der Waals surface area contributed by atoms with Crippen LogP contribution < -0.4 is 5.32 Å². The number of anilines is 1. The lowest BCUT2D eigenvalue weighted by Crippen LogP contribution is -2.16. The first kappa shape index (κ1) is 27.1. The normalized spacial score (nSPS) is 11.1. The maximum atomic E-state index is 13.0. The Kier molecular flexibility index (Phi) is 8.83. The van der Waals surface area contributed by atoms with Crippen LogP contribution in [0.15, 0.2) is 40.9 Å². The molecule has 0 fully saturated rings. The number of esters is 1. The number of nitrogens with zero attached hydrogens (tertiary/aromatic N) is 3. The fourth-order valence-electron chi connectivity index (χ4n) is 4.30. The van der Waals surface area contributed by atoms with Gasteiger partial charge in [-0.15, -0.1) is 32.9 Å². The van der Waals surface area contributed by atoms with E-state index in [2.05, 4.69) is 46.2 Å². The predicted molar refractivity (Wildman–Crippen MR) is 153 cm³/mol. The zero-order valence-corrected chi connectivity index (χ0v) is 24.0. The van der Waals surface area contributed by atoms with Gasteiger partial charge in [0.2, 0.25) is 5.91 Å². The lowest BCUT2D eigenvalue weighted by molar-refractivity contribution is -0.113. The molecular weight excluding hydrogens is 525 g/mol. The van der Waals surface area contributed by atoms with Crippen molar-refractivity contribution >= 4 is 51.3 Å². The molecule has 0 aliphatic rings. The molecule has 3 heterocycles. The molecule has 0 bridgehead atoms. The Hall–Kier alpha value is -2.95. The van der Waals surface area contributed by atoms with Crippen LogP contribution in [0.2, 0.25) is 0 Å². The van der Waals surface area contributed by atoms with Gasteiger partial charge < -0.3 is 14.6 Å². The first-order valence-electron chi connectivity index (χ1n) is 12.1. The highest BCUT2D eigenvalue weighted by Crippen LogP contribution is 2.40. The van der Waals surface area contributed by atoms with E-state index in [4.69, 9.17) is 4.74 Å². The molecule has 0 unspecified atom stereocenters. The second-order valence-electron chi connectivity index (χ2n) is 8.43. The molecule has 4 aromatic rings. The topological polar surface area (TPSA) is 86.1 Å². The van der Waals surface area contributed by atoms with Crippen LogP contribution in [0.1, 0.15) is 45.9 Å². The summed E-state index contributed by atoms with van der Waals surface area (Å²) < 4.78 is 7.16. The number of amides is 1. The number of rotatable bonds is 10. The molecule has 7 nitrogen and oxygen atoms in total. The van der Waals surface area contributed by atoms with Crippen molar-refractivity contribution in [2.24, 2.45) is 0 Å². The molecule has 194 valence electrons. The fraction of sp³-hybridized carbons (Fsp3) is 0.333. The largest absolute Gasteiger partial charge is 0.465 e. The van der Waals surface area contributed by atoms with Crippen LogP contribution in [0.4, 0.5) is 5.00 Å². The number of carbonyl (C=O) groups excluding carboxylic acids is 2. The van der Waals surface area contributed by atoms with Gasteiger partial charge in [-0.1, -0.05) is 55.9 Å². The van der Waals surface area contributed by atoms with Crippen LogP contribution in [0.25, 0.3) is 22.5 Å². The number of aryl methyl sites for hydroxylation is 2. The third-order valence-corrected chi connectivity index (χ3v) is 8.92. The van der Waals surface area contributed by atoms with Crippen LogP contribution in [0.3, 0.4) is 0 Å². The molecule has 0 saturated carbocycles. The Morgan fingerprint density at radius 2 is 1.86 bits per heavy atom. The van der Waals surface area contributed by atoms with Crippen molar-refractivity contribution in [1.82, 2.24) is 14.8 Å². The standard InChI is InChI=1S/C27H30N4O3S3/c1-6-13-31-24(20-14-35-16(3)19(20)7-2)29-30-27(31)36-15-21(32)28-25-23(26(33)34-5)22(17(4)37-25)18-11-9-8-10-12-18/h8-12,14H,6-7,13,15H2,1-5H3,(H,28,32). The number of benzene rings is 1. The number of hydrogen-bond acceptors (Lipinski definition) is 8. The Balaban J connectivity index is 1.56. The van der Waals surface area contributed by atoms with Gasteiger partial charge in [-0.05, 0) is 37.8 Å². The van der Waals surface area contributed by atoms with Gasteiger partial charge in [-0.2, -0.15) is 0 Å². The summed E-state index contributed by atoms with van der Waals surface area (Å²) in [6, 6.07) is 9.65. The molecule has 1 amide bonds. The quantitative estimate of drug-likeness (QED) is 0.171. The summed E-state index contributed by atoms with van der Waals surface area (Å²) in [7, 11) is 1.35. The van der Waals surface area contributed by atoms with Crippen molar-refractivity contribution in [3.8, 4) is 22.5 Å². The van der Waals surface area contributed by atoms with Crippen molar-refractivity contribution < 1.29 is 14.3 Å². The van der Waals surface area contributed by atoms with Gasteiger partial charge in [0.25, 0.3) is 0 Å². The molecular formula is C27H30N4O3S3. The zero-order valence-electron chi connectivity index (χ0n) is 21.6. The Morgan fingerprint density at radius 1 is 1.11 bits per heavy atom. The summed E-state index contributed by atoms with van der Waals surface area (Å²) in [5.74, 6) is 0.296. The molecule has 0 spiro atoms. The maximum absolute atomic E-state index is 13.0. The van der Waals surface area contributed by atoms with E-state index in [1.54, 1.807) is 11.3 Å². The highest BCUT2D eigenvalue weighted by Gasteiger charge is 2.25. The monoisotopic (exact) mass is 554 g/mol. The van der Waals surface area contributed by atoms with Crippen LogP contribution in [0.5, 0.6) is 0 Å². The molecule has 4 rings (SSSR count). The van der Waals surface area contributed by atoms with Crippen LogP contribution >= 0.6 is 34.4 Å². The Morgan fingerprint density at radius 3 is 2.54 bits per heavy atom. The van der Waals surface area contributed by atoms with Gasteiger partial charge in [0.1, 0.15) is 10.6 Å². The van der Waals surface area contributed by atoms with Crippen molar-refractivity contribution in [3.63, 3.8) is 0 Å². The average molecular weight is 555 g/mol. The number of hydrogen-bond donors (Lipinski definition) is 1. The summed E-state index contributed by atoms with van der Waals surface area (Å²) >= 11 is 4.45. The molecule has 0 aliphatic carbocycles. The third-order valence-electron chi connectivity index (χ3n) is 5.98. The van der Waals surface area contributed by atoms with Crippen LogP contribution in [0, 0.1) is 13.8 Å². The molecule has 0 aliphatic heterocycles. The summed E-state index contributed by atoms with van der Waals surface area (Å²) in [4.78, 5) is 28.0. The zero-order chi connectivity index (χ0) is 26.5. The second-order valence-corrected chi connectivity index (χ2v) is 11.7. The highest BCUT2D eigenvalue weighted by molar-refractivity contribution is 7.99. The van der Waals surface area contributed by atoms with Gasteiger partial charge in [-0.25, -0.2) is 4.79 Å². The van der Waals surface area contributed by atoms with E-state index in [1.807, 2.05) is 37.3 Å². The molecule has 1 N–H and O–H groups in total. The van der Waals surface area contributed by atoms with Gasteiger partial charge in [0, 0.05) is 32.8 Å². The molecule has 37 heavy (non-hydrogen) atoms. The number of nitrogens with one attached hydrogen (secondary N) is 1. The lowest BCUT2D eigenvalue weighted by atomic mass is 10.0. The van der Waals surface area contributed by atoms with Crippen LogP contribution in [-0.2, 0) is 22.5 Å². The van der Waals surface area contributed by atoms with Gasteiger partial charge in [0.05, 0.1) is 12.9 Å². The van der Waals surface area contributed by atoms with Gasteiger partial charge >= 0.3 is 5.97 Å². The van der Waals surface area contributed by atoms with Crippen molar-refractivity contribution in [3.05, 3.63) is 56.6 Å². The minimum Gasteiger partial charge on any atom is -0.465 e. The Bertz CT molecular complexity index is 1410. The number of thioether (sulfide) groups is 1. The van der Waals surface area contributed by atoms with Crippen LogP contribution in [-0.4, -0.2) is 39.5 Å². The van der Waals surface area contributed by atoms with E-state index in [9.17, 15) is 9.59 Å². The van der Waals surface area contributed by atoms with Gasteiger partial charge in [-0.3, -0.25) is 4.79 Å². The molecule has 3 aromatic heterocycles. The van der Waals surface area contributed by atoms with Gasteiger partial charge in [0.15, 0.2) is 11.0 Å². The average Bonchev–Trinajstić information content (AvgIpc) is 3.57. The van der Waals surface area contributed by atoms with Crippen molar-refractivity contribution in [1.29, 1.82) is 0 Å². The van der Waals surface area contributed by atoms with E-state index in [1.165, 1.54) is 40.6 Å². The number of ether oxygens (including phenoxy) is 1. The summed E-state index contributed by atoms with van der Waals surface area (Å²) in [5, 5.41) is 15.2. The van der Waals surface area contributed by atoms with Crippen molar-refractivity contribution in [2.75, 3.05) is 18.2 Å². The fourth-order valence-corrected chi connectivity index (χ4v) is 7.08. The maximum Gasteiger partial charge on any atom is 0.341 e. The predicted octanol–water partition coefficient (Wildman–Crippen LogP) is 6.84. The number of carbonyl (C=O) groups is 2. The SMILES string of the molecule is CCCn1c(SCC(=O)Nc2sc(C)c(-c3ccccc3)c2C(=O)OC)nnc1-c1csc(C)c1CC. The number of aromatic nitrogens is 3. The molecule has 0 atom stereocenters. The summed E-state index contributed by atoms with van der Waals surface area (Å²) in [6.07, 6.45) is 1.86. The lowest BCUT2D eigenvalue weighted by Gasteiger charge is -2.10. The smallest absolute Gasteiger partial charge is 0.341 e. The summed E-state index contributed by atoms with van der Waals surface area (Å²) in [5.41, 5.74) is 4.48. The number of thiophene rings is 2. The van der Waals surface area contributed by atoms with E-state index in [0.717, 1.165) is 46.8 Å². The van der Waals surface area contributed by atoms with E-state index < -0.39 is 5.97 Å². The second kappa shape index (κ2) is 12.1. The first-order chi connectivity index (χ1) is 17.9.